The fraction of sp³-hybridized carbons (Fsp3) is 1.00. The normalized spacial score (nSPS) is 7.64. The summed E-state index contributed by atoms with van der Waals surface area (Å²) in [5.74, 6) is 0. The molecule has 0 aliphatic rings. The summed E-state index contributed by atoms with van der Waals surface area (Å²) < 4.78 is 0. The molecule has 0 aromatic rings. The maximum atomic E-state index is 8.18. The van der Waals surface area contributed by atoms with E-state index in [9.17, 15) is 0 Å². The molecule has 0 bridgehead atoms. The summed E-state index contributed by atoms with van der Waals surface area (Å²) in [5.41, 5.74) is 3.50. The Balaban J connectivity index is -0.000000140. The van der Waals surface area contributed by atoms with Crippen molar-refractivity contribution in [1.29, 1.82) is 0 Å². The van der Waals surface area contributed by atoms with Gasteiger partial charge in [0.2, 0.25) is 0 Å². The molecule has 70 valence electrons. The number of nitrogens with zero attached hydrogens (tertiary/aromatic N) is 1. The molecule has 0 aromatic heterocycles. The second kappa shape index (κ2) is 22.4. The third-order valence-electron chi connectivity index (χ3n) is 0.537. The second-order valence-corrected chi connectivity index (χ2v) is 1.82. The van der Waals surface area contributed by atoms with Crippen molar-refractivity contribution in [2.75, 3.05) is 20.3 Å². The molecule has 4 heteroatoms. The number of aliphatic hydroxyl groups excluding tert-OH is 1. The van der Waals surface area contributed by atoms with E-state index in [2.05, 4.69) is 24.2 Å². The standard InChI is InChI=1S/C4H10NO2.C3H8.W/c1-7-5-3-2-4-6;1-3-2;/h6H,2-4H2,1H3;3H2,1-2H3;/q-1;;. The van der Waals surface area contributed by atoms with E-state index >= 15 is 0 Å². The maximum Gasteiger partial charge on any atom is 0.0415 e. The first-order valence-electron chi connectivity index (χ1n) is 3.64. The van der Waals surface area contributed by atoms with Gasteiger partial charge in [-0.1, -0.05) is 20.3 Å². The van der Waals surface area contributed by atoms with E-state index in [0.717, 1.165) is 0 Å². The van der Waals surface area contributed by atoms with Crippen LogP contribution in [0.4, 0.5) is 0 Å². The summed E-state index contributed by atoms with van der Waals surface area (Å²) in [6.45, 7) is 5.03. The molecular formula is C7H18NO2W-. The Morgan fingerprint density at radius 1 is 1.36 bits per heavy atom. The third kappa shape index (κ3) is 37.2. The van der Waals surface area contributed by atoms with E-state index in [1.54, 1.807) is 0 Å². The van der Waals surface area contributed by atoms with Crippen LogP contribution in [-0.2, 0) is 25.9 Å². The van der Waals surface area contributed by atoms with Crippen LogP contribution in [0, 0.1) is 0 Å². The van der Waals surface area contributed by atoms with Gasteiger partial charge >= 0.3 is 0 Å². The van der Waals surface area contributed by atoms with Crippen LogP contribution in [0.15, 0.2) is 0 Å². The molecule has 0 radical (unpaired) electrons. The van der Waals surface area contributed by atoms with Crippen molar-refractivity contribution in [3.8, 4) is 0 Å². The van der Waals surface area contributed by atoms with Gasteiger partial charge in [0.25, 0.3) is 0 Å². The van der Waals surface area contributed by atoms with Crippen LogP contribution < -0.4 is 0 Å². The Morgan fingerprint density at radius 2 is 1.82 bits per heavy atom. The smallest absolute Gasteiger partial charge is 0.0415 e. The predicted octanol–water partition coefficient (Wildman–Crippen LogP) is 1.72. The zero-order valence-electron chi connectivity index (χ0n) is 7.54. The molecule has 0 amide bonds. The van der Waals surface area contributed by atoms with Gasteiger partial charge in [0, 0.05) is 34.8 Å². The Hall–Kier alpha value is 0.568. The Morgan fingerprint density at radius 3 is 2.09 bits per heavy atom. The van der Waals surface area contributed by atoms with Gasteiger partial charge in [-0.05, 0) is 6.42 Å². The van der Waals surface area contributed by atoms with E-state index in [0.29, 0.717) is 13.0 Å². The van der Waals surface area contributed by atoms with E-state index in [1.807, 2.05) is 0 Å². The Labute approximate surface area is 83.7 Å². The number of hydrogen-bond acceptors (Lipinski definition) is 2. The molecule has 0 aromatic carbocycles. The fourth-order valence-corrected chi connectivity index (χ4v) is 0.227. The van der Waals surface area contributed by atoms with E-state index in [-0.39, 0.29) is 27.7 Å². The molecule has 3 nitrogen and oxygen atoms in total. The Bertz CT molecular complexity index is 43.4. The van der Waals surface area contributed by atoms with Gasteiger partial charge < -0.3 is 15.4 Å². The van der Waals surface area contributed by atoms with Crippen molar-refractivity contribution >= 4 is 0 Å². The molecule has 0 saturated heterocycles. The predicted molar refractivity (Wildman–Crippen MR) is 42.9 cm³/mol. The zero-order valence-corrected chi connectivity index (χ0v) is 10.5. The van der Waals surface area contributed by atoms with Gasteiger partial charge in [-0.3, -0.25) is 0 Å². The molecule has 0 unspecified atom stereocenters. The summed E-state index contributed by atoms with van der Waals surface area (Å²) in [4.78, 5) is 4.36. The molecule has 0 heterocycles. The molecule has 0 atom stereocenters. The average molecular weight is 332 g/mol. The summed E-state index contributed by atoms with van der Waals surface area (Å²) in [5, 5.41) is 8.18. The summed E-state index contributed by atoms with van der Waals surface area (Å²) in [6.07, 6.45) is 1.94. The summed E-state index contributed by atoms with van der Waals surface area (Å²) >= 11 is 0. The van der Waals surface area contributed by atoms with Crippen LogP contribution in [0.2, 0.25) is 0 Å². The van der Waals surface area contributed by atoms with Crippen LogP contribution in [0.5, 0.6) is 0 Å². The Kier molecular flexibility index (Phi) is 35.9. The minimum Gasteiger partial charge on any atom is -0.534 e. The molecular weight excluding hydrogens is 314 g/mol. The van der Waals surface area contributed by atoms with Crippen molar-refractivity contribution < 1.29 is 31.0 Å². The SMILES string of the molecule is CCC.CO[N-]CCCO.[W]. The minimum atomic E-state index is 0. The van der Waals surface area contributed by atoms with Gasteiger partial charge in [0.15, 0.2) is 0 Å². The van der Waals surface area contributed by atoms with Crippen LogP contribution in [-0.4, -0.2) is 25.4 Å². The van der Waals surface area contributed by atoms with Crippen molar-refractivity contribution in [2.24, 2.45) is 0 Å². The van der Waals surface area contributed by atoms with Crippen molar-refractivity contribution in [3.05, 3.63) is 5.48 Å². The van der Waals surface area contributed by atoms with Gasteiger partial charge in [-0.15, -0.1) is 6.54 Å². The van der Waals surface area contributed by atoms with Gasteiger partial charge in [-0.25, -0.2) is 0 Å². The van der Waals surface area contributed by atoms with Crippen molar-refractivity contribution in [3.63, 3.8) is 0 Å². The molecule has 0 aliphatic carbocycles. The minimum absolute atomic E-state index is 0. The topological polar surface area (TPSA) is 43.6 Å². The van der Waals surface area contributed by atoms with E-state index in [1.165, 1.54) is 13.5 Å². The number of rotatable bonds is 4. The summed E-state index contributed by atoms with van der Waals surface area (Å²) in [6, 6.07) is 0. The third-order valence-corrected chi connectivity index (χ3v) is 0.537. The van der Waals surface area contributed by atoms with Gasteiger partial charge in [-0.2, -0.15) is 0 Å². The molecule has 11 heavy (non-hydrogen) atoms. The van der Waals surface area contributed by atoms with Crippen molar-refractivity contribution in [2.45, 2.75) is 26.7 Å². The first kappa shape index (κ1) is 17.6. The second-order valence-electron chi connectivity index (χ2n) is 1.82. The monoisotopic (exact) mass is 332 g/mol. The van der Waals surface area contributed by atoms with Gasteiger partial charge in [0.05, 0.1) is 0 Å². The number of aliphatic hydroxyl groups is 1. The van der Waals surface area contributed by atoms with Crippen molar-refractivity contribution in [1.82, 2.24) is 0 Å². The molecule has 0 aliphatic heterocycles. The summed E-state index contributed by atoms with van der Waals surface area (Å²) in [7, 11) is 1.50. The van der Waals surface area contributed by atoms with E-state index in [4.69, 9.17) is 5.11 Å². The largest absolute Gasteiger partial charge is 0.534 e. The van der Waals surface area contributed by atoms with Crippen LogP contribution >= 0.6 is 0 Å². The first-order valence-corrected chi connectivity index (χ1v) is 3.64. The number of hydrogen-bond donors (Lipinski definition) is 1. The van der Waals surface area contributed by atoms with Crippen LogP contribution in [0.25, 0.3) is 5.48 Å². The molecule has 0 spiro atoms. The van der Waals surface area contributed by atoms with Crippen LogP contribution in [0.3, 0.4) is 0 Å². The quantitative estimate of drug-likeness (QED) is 0.629. The van der Waals surface area contributed by atoms with Gasteiger partial charge in [0.1, 0.15) is 0 Å². The molecule has 0 rings (SSSR count). The fourth-order valence-electron chi connectivity index (χ4n) is 0.227. The first-order chi connectivity index (χ1) is 4.83. The number of hydroxylamine groups is 1. The maximum absolute atomic E-state index is 8.18. The average Bonchev–Trinajstić information content (AvgIpc) is 1.91. The van der Waals surface area contributed by atoms with Crippen LogP contribution in [0.1, 0.15) is 26.7 Å². The zero-order chi connectivity index (χ0) is 8.24. The van der Waals surface area contributed by atoms with E-state index < -0.39 is 0 Å². The molecule has 1 N–H and O–H groups in total. The molecule has 0 saturated carbocycles. The molecule has 0 fully saturated rings.